The smallest absolute Gasteiger partial charge is 0.252 e. The number of piperidine rings is 1. The predicted molar refractivity (Wildman–Crippen MR) is 86.5 cm³/mol. The number of sulfonamides is 1. The molecule has 2 aromatic rings. The molecule has 1 atom stereocenters. The molecule has 0 spiro atoms. The van der Waals surface area contributed by atoms with Crippen LogP contribution < -0.4 is 0 Å². The molecule has 5 nitrogen and oxygen atoms in total. The number of hydrogen-bond acceptors (Lipinski definition) is 5. The number of aryl methyl sites for hydroxylation is 1. The van der Waals surface area contributed by atoms with Crippen LogP contribution in [0.3, 0.4) is 0 Å². The van der Waals surface area contributed by atoms with Crippen LogP contribution >= 0.6 is 11.3 Å². The molecule has 2 aromatic heterocycles. The average Bonchev–Trinajstić information content (AvgIpc) is 3.08. The van der Waals surface area contributed by atoms with Gasteiger partial charge in [0.1, 0.15) is 4.21 Å². The summed E-state index contributed by atoms with van der Waals surface area (Å²) in [6, 6.07) is 3.55. The summed E-state index contributed by atoms with van der Waals surface area (Å²) in [5.41, 5.74) is 1.79. The largest absolute Gasteiger partial charge is 0.355 e. The first-order valence-corrected chi connectivity index (χ1v) is 9.72. The molecule has 3 heterocycles. The molecule has 7 heteroatoms. The molecule has 0 amide bonds. The molecule has 1 aliphatic rings. The van der Waals surface area contributed by atoms with Crippen LogP contribution in [0.4, 0.5) is 0 Å². The maximum atomic E-state index is 12.8. The van der Waals surface area contributed by atoms with Crippen molar-refractivity contribution in [2.45, 2.75) is 50.3 Å². The fraction of sp³-hybridized carbons (Fsp3) is 0.533. The zero-order valence-corrected chi connectivity index (χ0v) is 14.6. The van der Waals surface area contributed by atoms with E-state index in [0.29, 0.717) is 16.5 Å². The van der Waals surface area contributed by atoms with Crippen molar-refractivity contribution in [3.63, 3.8) is 0 Å². The van der Waals surface area contributed by atoms with Gasteiger partial charge in [-0.3, -0.25) is 0 Å². The van der Waals surface area contributed by atoms with Gasteiger partial charge in [0.2, 0.25) is 0 Å². The third-order valence-electron chi connectivity index (χ3n) is 4.27. The van der Waals surface area contributed by atoms with Crippen molar-refractivity contribution in [1.82, 2.24) is 9.46 Å². The van der Waals surface area contributed by atoms with Crippen molar-refractivity contribution in [2.24, 2.45) is 0 Å². The number of nitrogens with zero attached hydrogens (tertiary/aromatic N) is 2. The van der Waals surface area contributed by atoms with Gasteiger partial charge in [-0.25, -0.2) is 8.42 Å². The number of hydrogen-bond donors (Lipinski definition) is 0. The quantitative estimate of drug-likeness (QED) is 0.856. The lowest BCUT2D eigenvalue weighted by molar-refractivity contribution is 0.269. The third kappa shape index (κ3) is 2.61. The van der Waals surface area contributed by atoms with Crippen molar-refractivity contribution >= 4 is 21.4 Å². The minimum Gasteiger partial charge on any atom is -0.355 e. The molecule has 0 aromatic carbocycles. The Morgan fingerprint density at radius 3 is 2.73 bits per heavy atom. The van der Waals surface area contributed by atoms with Crippen molar-refractivity contribution in [1.29, 1.82) is 0 Å². The molecule has 1 aliphatic heterocycles. The Morgan fingerprint density at radius 2 is 2.09 bits per heavy atom. The highest BCUT2D eigenvalue weighted by Crippen LogP contribution is 2.36. The fourth-order valence-electron chi connectivity index (χ4n) is 2.77. The number of aromatic nitrogens is 1. The molecule has 0 saturated carbocycles. The van der Waals surface area contributed by atoms with Gasteiger partial charge in [0, 0.05) is 18.2 Å². The summed E-state index contributed by atoms with van der Waals surface area (Å²) in [6.45, 7) is 6.40. The zero-order chi connectivity index (χ0) is 15.9. The van der Waals surface area contributed by atoms with E-state index in [0.717, 1.165) is 35.4 Å². The Hall–Kier alpha value is -1.18. The minimum absolute atomic E-state index is 0.0681. The van der Waals surface area contributed by atoms with Crippen LogP contribution in [0.15, 0.2) is 20.9 Å². The fourth-order valence-corrected chi connectivity index (χ4v) is 5.94. The first-order valence-electron chi connectivity index (χ1n) is 7.46. The molecular formula is C15H20N2O3S2. The number of thiophene rings is 1. The van der Waals surface area contributed by atoms with E-state index in [1.54, 1.807) is 16.4 Å². The lowest BCUT2D eigenvalue weighted by atomic mass is 10.1. The average molecular weight is 340 g/mol. The van der Waals surface area contributed by atoms with Crippen molar-refractivity contribution in [3.8, 4) is 10.6 Å². The van der Waals surface area contributed by atoms with Crippen molar-refractivity contribution in [3.05, 3.63) is 23.4 Å². The molecule has 0 unspecified atom stereocenters. The molecule has 22 heavy (non-hydrogen) atoms. The minimum atomic E-state index is -3.41. The van der Waals surface area contributed by atoms with E-state index in [9.17, 15) is 8.42 Å². The van der Waals surface area contributed by atoms with E-state index in [1.807, 2.05) is 20.8 Å². The molecule has 0 N–H and O–H groups in total. The predicted octanol–water partition coefficient (Wildman–Crippen LogP) is 3.58. The van der Waals surface area contributed by atoms with E-state index >= 15 is 0 Å². The Morgan fingerprint density at radius 1 is 1.32 bits per heavy atom. The summed E-state index contributed by atoms with van der Waals surface area (Å²) < 4.78 is 33.0. The van der Waals surface area contributed by atoms with Gasteiger partial charge in [0.25, 0.3) is 10.0 Å². The second kappa shape index (κ2) is 5.79. The summed E-state index contributed by atoms with van der Waals surface area (Å²) in [7, 11) is -3.41. The van der Waals surface area contributed by atoms with Gasteiger partial charge >= 0.3 is 0 Å². The van der Waals surface area contributed by atoms with Crippen LogP contribution in [0.25, 0.3) is 10.6 Å². The maximum Gasteiger partial charge on any atom is 0.252 e. The summed E-state index contributed by atoms with van der Waals surface area (Å²) in [4.78, 5) is 0.807. The van der Waals surface area contributed by atoms with Gasteiger partial charge in [0.05, 0.1) is 10.6 Å². The zero-order valence-electron chi connectivity index (χ0n) is 13.0. The monoisotopic (exact) mass is 340 g/mol. The van der Waals surface area contributed by atoms with Gasteiger partial charge < -0.3 is 4.52 Å². The summed E-state index contributed by atoms with van der Waals surface area (Å²) in [5.74, 6) is 0.663. The highest BCUT2D eigenvalue weighted by molar-refractivity contribution is 7.91. The standard InChI is InChI=1S/C15H20N2O3S2/c1-10-6-4-5-9-17(10)22(18,19)14-8-7-13(21-14)15-11(2)12(3)16-20-15/h7-8,10H,4-6,9H2,1-3H3/t10-/m0/s1. The van der Waals surface area contributed by atoms with Crippen molar-refractivity contribution in [2.75, 3.05) is 6.54 Å². The lowest BCUT2D eigenvalue weighted by Crippen LogP contribution is -2.41. The first kappa shape index (κ1) is 15.7. The molecule has 0 radical (unpaired) electrons. The first-order chi connectivity index (χ1) is 10.4. The number of rotatable bonds is 3. The van der Waals surface area contributed by atoms with Crippen LogP contribution in [0.1, 0.15) is 37.4 Å². The van der Waals surface area contributed by atoms with Crippen LogP contribution in [0.5, 0.6) is 0 Å². The third-order valence-corrected chi connectivity index (χ3v) is 7.83. The molecule has 120 valence electrons. The van der Waals surface area contributed by atoms with Crippen molar-refractivity contribution < 1.29 is 12.9 Å². The van der Waals surface area contributed by atoms with Crippen LogP contribution in [-0.2, 0) is 10.0 Å². The van der Waals surface area contributed by atoms with E-state index in [2.05, 4.69) is 5.16 Å². The SMILES string of the molecule is Cc1noc(-c2ccc(S(=O)(=O)N3CCCC[C@@H]3C)s2)c1C. The normalized spacial score (nSPS) is 20.4. The molecule has 1 fully saturated rings. The molecule has 0 aliphatic carbocycles. The van der Waals surface area contributed by atoms with E-state index in [4.69, 9.17) is 4.52 Å². The topological polar surface area (TPSA) is 63.4 Å². The van der Waals surface area contributed by atoms with Gasteiger partial charge in [-0.15, -0.1) is 11.3 Å². The van der Waals surface area contributed by atoms with E-state index < -0.39 is 10.0 Å². The van der Waals surface area contributed by atoms with Gasteiger partial charge in [-0.1, -0.05) is 11.6 Å². The Kier molecular flexibility index (Phi) is 4.13. The summed E-state index contributed by atoms with van der Waals surface area (Å²) in [6.07, 6.45) is 2.96. The van der Waals surface area contributed by atoms with Gasteiger partial charge in [-0.2, -0.15) is 4.31 Å². The van der Waals surface area contributed by atoms with E-state index in [-0.39, 0.29) is 6.04 Å². The van der Waals surface area contributed by atoms with Crippen LogP contribution in [-0.4, -0.2) is 30.5 Å². The second-order valence-electron chi connectivity index (χ2n) is 5.80. The van der Waals surface area contributed by atoms with E-state index in [1.165, 1.54) is 11.3 Å². The van der Waals surface area contributed by atoms with Crippen LogP contribution in [0, 0.1) is 13.8 Å². The second-order valence-corrected chi connectivity index (χ2v) is 9.00. The molecule has 3 rings (SSSR count). The highest BCUT2D eigenvalue weighted by Gasteiger charge is 2.32. The lowest BCUT2D eigenvalue weighted by Gasteiger charge is -2.31. The molecule has 0 bridgehead atoms. The van der Waals surface area contributed by atoms with Gasteiger partial charge in [-0.05, 0) is 45.7 Å². The Balaban J connectivity index is 1.94. The Labute approximate surface area is 135 Å². The highest BCUT2D eigenvalue weighted by atomic mass is 32.2. The summed E-state index contributed by atoms with van der Waals surface area (Å²) in [5, 5.41) is 3.94. The Bertz CT molecular complexity index is 777. The molecular weight excluding hydrogens is 320 g/mol. The summed E-state index contributed by atoms with van der Waals surface area (Å²) >= 11 is 1.25. The maximum absolute atomic E-state index is 12.8. The van der Waals surface area contributed by atoms with Crippen LogP contribution in [0.2, 0.25) is 0 Å². The molecule has 1 saturated heterocycles. The van der Waals surface area contributed by atoms with Gasteiger partial charge in [0.15, 0.2) is 5.76 Å².